The number of hydrogen-bond donors (Lipinski definition) is 0. The first-order valence-corrected chi connectivity index (χ1v) is 6.89. The Hall–Kier alpha value is -0.880. The van der Waals surface area contributed by atoms with Gasteiger partial charge in [-0.15, -0.1) is 6.58 Å². The minimum Gasteiger partial charge on any atom is -0.223 e. The van der Waals surface area contributed by atoms with Gasteiger partial charge in [-0.25, -0.2) is 16.8 Å². The fourth-order valence-corrected chi connectivity index (χ4v) is 4.00. The maximum absolute atomic E-state index is 11.4. The van der Waals surface area contributed by atoms with Gasteiger partial charge in [0.05, 0.1) is 0 Å². The number of allylic oxidation sites excluding steroid dienone is 1. The third-order valence-electron chi connectivity index (χ3n) is 1.40. The molecule has 14 heavy (non-hydrogen) atoms. The summed E-state index contributed by atoms with van der Waals surface area (Å²) in [5.41, 5.74) is 0. The summed E-state index contributed by atoms with van der Waals surface area (Å²) < 4.78 is 43.6. The quantitative estimate of drug-likeness (QED) is 0.668. The summed E-state index contributed by atoms with van der Waals surface area (Å²) in [5.74, 6) is 0. The summed E-state index contributed by atoms with van der Waals surface area (Å²) in [5, 5.41) is 1.45. The Balaban J connectivity index is 5.56. The molecule has 0 amide bonds. The van der Waals surface area contributed by atoms with Gasteiger partial charge in [-0.3, -0.25) is 0 Å². The number of sulfone groups is 2. The van der Waals surface area contributed by atoms with Crippen molar-refractivity contribution < 1.29 is 16.8 Å². The van der Waals surface area contributed by atoms with E-state index in [1.807, 2.05) is 0 Å². The minimum absolute atomic E-state index is 0.612. The van der Waals surface area contributed by atoms with E-state index in [4.69, 9.17) is 0 Å². The Morgan fingerprint density at radius 2 is 1.57 bits per heavy atom. The minimum atomic E-state index is -3.88. The van der Waals surface area contributed by atoms with Gasteiger partial charge in [-0.1, -0.05) is 18.7 Å². The van der Waals surface area contributed by atoms with Crippen molar-refractivity contribution in [3.05, 3.63) is 36.1 Å². The van der Waals surface area contributed by atoms with E-state index in [0.29, 0.717) is 5.41 Å². The molecule has 0 fully saturated rings. The third kappa shape index (κ3) is 2.81. The van der Waals surface area contributed by atoms with Gasteiger partial charge in [0.15, 0.2) is 24.3 Å². The average molecular weight is 236 g/mol. The second kappa shape index (κ2) is 4.56. The van der Waals surface area contributed by atoms with Crippen molar-refractivity contribution in [1.29, 1.82) is 0 Å². The van der Waals surface area contributed by atoms with Crippen LogP contribution < -0.4 is 0 Å². The van der Waals surface area contributed by atoms with Gasteiger partial charge in [-0.2, -0.15) is 0 Å². The normalized spacial score (nSPS) is 15.2. The zero-order chi connectivity index (χ0) is 11.4. The molecule has 0 bridgehead atoms. The lowest BCUT2D eigenvalue weighted by molar-refractivity contribution is 0.591. The molecule has 0 aliphatic carbocycles. The SMILES string of the molecule is C=CC(S(=O)(=O)C=C)S(=O)(=O)C=CC. The summed E-state index contributed by atoms with van der Waals surface area (Å²) in [6.45, 7) is 7.72. The van der Waals surface area contributed by atoms with E-state index in [-0.39, 0.29) is 0 Å². The van der Waals surface area contributed by atoms with Gasteiger partial charge in [0.1, 0.15) is 0 Å². The zero-order valence-corrected chi connectivity index (χ0v) is 9.38. The van der Waals surface area contributed by atoms with Crippen LogP contribution >= 0.6 is 0 Å². The van der Waals surface area contributed by atoms with Crippen molar-refractivity contribution >= 4 is 19.7 Å². The van der Waals surface area contributed by atoms with Crippen LogP contribution in [0.25, 0.3) is 0 Å². The molecule has 0 radical (unpaired) electrons. The molecular formula is C8H12O4S2. The molecule has 0 aromatic heterocycles. The third-order valence-corrected chi connectivity index (χ3v) is 5.80. The van der Waals surface area contributed by atoms with Crippen LogP contribution in [0.15, 0.2) is 36.1 Å². The summed E-state index contributed by atoms with van der Waals surface area (Å²) in [4.78, 5) is 0. The molecule has 4 nitrogen and oxygen atoms in total. The van der Waals surface area contributed by atoms with Crippen LogP contribution in [0.5, 0.6) is 0 Å². The number of rotatable bonds is 5. The molecule has 6 heteroatoms. The lowest BCUT2D eigenvalue weighted by Gasteiger charge is -2.08. The molecule has 0 aromatic rings. The molecule has 0 spiro atoms. The van der Waals surface area contributed by atoms with Gasteiger partial charge in [0, 0.05) is 10.8 Å². The fourth-order valence-electron chi connectivity index (χ4n) is 0.817. The molecule has 0 rings (SSSR count). The van der Waals surface area contributed by atoms with Crippen LogP contribution in [-0.4, -0.2) is 21.4 Å². The summed E-state index contributed by atoms with van der Waals surface area (Å²) in [7, 11) is -7.73. The van der Waals surface area contributed by atoms with Crippen molar-refractivity contribution in [2.45, 2.75) is 11.5 Å². The molecule has 1 atom stereocenters. The smallest absolute Gasteiger partial charge is 0.192 e. The highest BCUT2D eigenvalue weighted by molar-refractivity contribution is 8.11. The van der Waals surface area contributed by atoms with Crippen LogP contribution in [-0.2, 0) is 19.7 Å². The standard InChI is InChI=1S/C8H12O4S2/c1-4-7-14(11,12)8(5-2)13(9,10)6-3/h4-8H,2-3H2,1H3. The maximum atomic E-state index is 11.4. The van der Waals surface area contributed by atoms with E-state index in [2.05, 4.69) is 13.2 Å². The van der Waals surface area contributed by atoms with Gasteiger partial charge < -0.3 is 0 Å². The van der Waals surface area contributed by atoms with Crippen LogP contribution in [0.4, 0.5) is 0 Å². The van der Waals surface area contributed by atoms with E-state index < -0.39 is 24.3 Å². The first-order chi connectivity index (χ1) is 6.31. The monoisotopic (exact) mass is 236 g/mol. The average Bonchev–Trinajstić information content (AvgIpc) is 2.04. The molecule has 0 aromatic carbocycles. The summed E-state index contributed by atoms with van der Waals surface area (Å²) in [6, 6.07) is 0. The molecule has 1 unspecified atom stereocenters. The van der Waals surface area contributed by atoms with Crippen molar-refractivity contribution in [3.63, 3.8) is 0 Å². The number of hydrogen-bond acceptors (Lipinski definition) is 4. The second-order valence-electron chi connectivity index (χ2n) is 2.42. The largest absolute Gasteiger partial charge is 0.223 e. The van der Waals surface area contributed by atoms with E-state index in [1.165, 1.54) is 13.0 Å². The zero-order valence-electron chi connectivity index (χ0n) is 7.75. The lowest BCUT2D eigenvalue weighted by atomic mass is 10.7. The van der Waals surface area contributed by atoms with Crippen molar-refractivity contribution in [1.82, 2.24) is 0 Å². The highest BCUT2D eigenvalue weighted by atomic mass is 32.3. The van der Waals surface area contributed by atoms with E-state index in [0.717, 1.165) is 11.5 Å². The maximum Gasteiger partial charge on any atom is 0.192 e. The Kier molecular flexibility index (Phi) is 4.28. The molecule has 0 saturated carbocycles. The van der Waals surface area contributed by atoms with Gasteiger partial charge in [0.2, 0.25) is 0 Å². The first kappa shape index (κ1) is 13.1. The van der Waals surface area contributed by atoms with Crippen LogP contribution in [0.1, 0.15) is 6.92 Å². The van der Waals surface area contributed by atoms with Crippen LogP contribution in [0.2, 0.25) is 0 Å². The molecule has 0 N–H and O–H groups in total. The van der Waals surface area contributed by atoms with E-state index in [1.54, 1.807) is 0 Å². The van der Waals surface area contributed by atoms with Crippen LogP contribution in [0, 0.1) is 0 Å². The van der Waals surface area contributed by atoms with Crippen molar-refractivity contribution in [3.8, 4) is 0 Å². The predicted molar refractivity (Wildman–Crippen MR) is 56.8 cm³/mol. The molecule has 0 aliphatic heterocycles. The summed E-state index contributed by atoms with van der Waals surface area (Å²) >= 11 is 0. The summed E-state index contributed by atoms with van der Waals surface area (Å²) in [6.07, 6.45) is 2.12. The highest BCUT2D eigenvalue weighted by Gasteiger charge is 2.30. The molecule has 0 aliphatic rings. The van der Waals surface area contributed by atoms with Crippen molar-refractivity contribution in [2.24, 2.45) is 0 Å². The van der Waals surface area contributed by atoms with E-state index in [9.17, 15) is 16.8 Å². The highest BCUT2D eigenvalue weighted by Crippen LogP contribution is 2.14. The predicted octanol–water partition coefficient (Wildman–Crippen LogP) is 1.01. The van der Waals surface area contributed by atoms with Gasteiger partial charge in [-0.05, 0) is 6.92 Å². The molecule has 0 heterocycles. The molecule has 0 saturated heterocycles. The molecular weight excluding hydrogens is 224 g/mol. The topological polar surface area (TPSA) is 68.3 Å². The first-order valence-electron chi connectivity index (χ1n) is 3.67. The second-order valence-corrected chi connectivity index (χ2v) is 6.69. The van der Waals surface area contributed by atoms with E-state index >= 15 is 0 Å². The lowest BCUT2D eigenvalue weighted by Crippen LogP contribution is -2.25. The Morgan fingerprint density at radius 3 is 1.86 bits per heavy atom. The molecule has 80 valence electrons. The van der Waals surface area contributed by atoms with Gasteiger partial charge >= 0.3 is 0 Å². The Morgan fingerprint density at radius 1 is 1.07 bits per heavy atom. The fraction of sp³-hybridized carbons (Fsp3) is 0.250. The van der Waals surface area contributed by atoms with Crippen molar-refractivity contribution in [2.75, 3.05) is 0 Å². The van der Waals surface area contributed by atoms with Crippen LogP contribution in [0.3, 0.4) is 0 Å². The van der Waals surface area contributed by atoms with Gasteiger partial charge in [0.25, 0.3) is 0 Å². The Bertz CT molecular complexity index is 440. The Labute approximate surface area is 84.5 Å².